The van der Waals surface area contributed by atoms with Crippen molar-refractivity contribution in [2.75, 3.05) is 25.6 Å². The summed E-state index contributed by atoms with van der Waals surface area (Å²) in [6.45, 7) is 0.568. The number of hydrogen-bond acceptors (Lipinski definition) is 5. The third-order valence-electron chi connectivity index (χ3n) is 4.64. The number of nitrogens with zero attached hydrogens (tertiary/aromatic N) is 3. The maximum atomic E-state index is 13.1. The zero-order valence-corrected chi connectivity index (χ0v) is 16.7. The summed E-state index contributed by atoms with van der Waals surface area (Å²) in [4.78, 5) is 15.0. The van der Waals surface area contributed by atoms with Crippen LogP contribution in [0.15, 0.2) is 46.9 Å². The van der Waals surface area contributed by atoms with Crippen LogP contribution in [0, 0.1) is 0 Å². The molecule has 4 rings (SSSR count). The molecule has 6 nitrogen and oxygen atoms in total. The van der Waals surface area contributed by atoms with Crippen LogP contribution in [0.3, 0.4) is 0 Å². The van der Waals surface area contributed by atoms with E-state index in [0.717, 1.165) is 32.4 Å². The Bertz CT molecular complexity index is 1020. The Labute approximate surface area is 165 Å². The summed E-state index contributed by atoms with van der Waals surface area (Å²) in [7, 11) is 3.80. The van der Waals surface area contributed by atoms with Gasteiger partial charge in [-0.1, -0.05) is 30.3 Å². The van der Waals surface area contributed by atoms with E-state index in [2.05, 4.69) is 31.4 Å². The Morgan fingerprint density at radius 1 is 1.19 bits per heavy atom. The highest BCUT2D eigenvalue weighted by Crippen LogP contribution is 2.34. The normalized spacial score (nSPS) is 15.7. The molecule has 7 heteroatoms. The van der Waals surface area contributed by atoms with E-state index in [0.29, 0.717) is 18.7 Å². The number of rotatable bonds is 3. The van der Waals surface area contributed by atoms with Gasteiger partial charge in [0.25, 0.3) is 5.91 Å². The molecule has 0 fully saturated rings. The Morgan fingerprint density at radius 3 is 2.81 bits per heavy atom. The molecule has 1 aliphatic heterocycles. The van der Waals surface area contributed by atoms with Gasteiger partial charge in [0, 0.05) is 35.9 Å². The van der Waals surface area contributed by atoms with Crippen LogP contribution in [0.5, 0.6) is 5.75 Å². The molecule has 0 radical (unpaired) electrons. The summed E-state index contributed by atoms with van der Waals surface area (Å²) in [5.74, 6) is 0.574. The second-order valence-electron chi connectivity index (χ2n) is 6.63. The number of benzene rings is 2. The van der Waals surface area contributed by atoms with E-state index in [9.17, 15) is 4.79 Å². The van der Waals surface area contributed by atoms with Gasteiger partial charge in [0.05, 0.1) is 18.3 Å². The minimum absolute atomic E-state index is 0.113. The number of amides is 1. The first-order chi connectivity index (χ1) is 13.1. The fourth-order valence-corrected chi connectivity index (χ4v) is 3.85. The van der Waals surface area contributed by atoms with Crippen molar-refractivity contribution in [2.24, 2.45) is 0 Å². The van der Waals surface area contributed by atoms with Crippen LogP contribution < -0.4 is 15.0 Å². The highest BCUT2D eigenvalue weighted by Gasteiger charge is 2.26. The fraction of sp³-hybridized carbons (Fsp3) is 0.250. The number of aromatic nitrogens is 2. The van der Waals surface area contributed by atoms with E-state index < -0.39 is 0 Å². The molecule has 2 aromatic carbocycles. The highest BCUT2D eigenvalue weighted by molar-refractivity contribution is 9.10. The summed E-state index contributed by atoms with van der Waals surface area (Å²) >= 11 is 3.50. The first-order valence-corrected chi connectivity index (χ1v) is 9.50. The summed E-state index contributed by atoms with van der Waals surface area (Å²) in [5.41, 5.74) is 2.78. The summed E-state index contributed by atoms with van der Waals surface area (Å²) in [6, 6.07) is 13.5. The number of nitrogens with one attached hydrogen (secondary N) is 1. The van der Waals surface area contributed by atoms with Gasteiger partial charge in [-0.05, 0) is 28.1 Å². The molecule has 1 aromatic heterocycles. The van der Waals surface area contributed by atoms with E-state index in [1.165, 1.54) is 0 Å². The lowest BCUT2D eigenvalue weighted by molar-refractivity contribution is 0.0919. The van der Waals surface area contributed by atoms with Crippen molar-refractivity contribution in [3.8, 4) is 5.75 Å². The predicted octanol–water partition coefficient (Wildman–Crippen LogP) is 3.71. The Kier molecular flexibility index (Phi) is 4.70. The fourth-order valence-electron chi connectivity index (χ4n) is 3.41. The molecule has 0 saturated carbocycles. The average Bonchev–Trinajstić information content (AvgIpc) is 2.67. The minimum atomic E-state index is -0.241. The van der Waals surface area contributed by atoms with Gasteiger partial charge >= 0.3 is 0 Å². The topological polar surface area (TPSA) is 67.4 Å². The minimum Gasteiger partial charge on any atom is -0.493 e. The van der Waals surface area contributed by atoms with E-state index in [1.54, 1.807) is 0 Å². The van der Waals surface area contributed by atoms with E-state index in [-0.39, 0.29) is 11.9 Å². The van der Waals surface area contributed by atoms with Crippen molar-refractivity contribution in [3.05, 3.63) is 58.2 Å². The molecular formula is C20H19BrN4O2. The molecule has 138 valence electrons. The molecule has 1 amide bonds. The standard InChI is InChI=1S/C20H19BrN4O2/c1-25(2)19-13-7-5-8-14(21)17(13)23-24-18(19)20(26)22-15-10-11-27-16-9-4-3-6-12(15)16/h3-9,15H,10-11H2,1-2H3,(H,22,26)/t15-/m0/s1. The lowest BCUT2D eigenvalue weighted by Crippen LogP contribution is -2.33. The monoisotopic (exact) mass is 426 g/mol. The van der Waals surface area contributed by atoms with E-state index in [4.69, 9.17) is 4.74 Å². The van der Waals surface area contributed by atoms with Crippen LogP contribution in [0.2, 0.25) is 0 Å². The molecule has 0 bridgehead atoms. The SMILES string of the molecule is CN(C)c1c(C(=O)N[C@H]2CCOc3ccccc32)nnc2c(Br)cccc12. The van der Waals surface area contributed by atoms with Gasteiger partial charge in [-0.2, -0.15) is 0 Å². The van der Waals surface area contributed by atoms with Gasteiger partial charge in [-0.3, -0.25) is 4.79 Å². The quantitative estimate of drug-likeness (QED) is 0.691. The van der Waals surface area contributed by atoms with Crippen molar-refractivity contribution >= 4 is 38.4 Å². The van der Waals surface area contributed by atoms with Gasteiger partial charge < -0.3 is 15.0 Å². The van der Waals surface area contributed by atoms with Gasteiger partial charge in [0.2, 0.25) is 0 Å². The lowest BCUT2D eigenvalue weighted by atomic mass is 10.0. The first-order valence-electron chi connectivity index (χ1n) is 8.71. The van der Waals surface area contributed by atoms with Crippen LogP contribution >= 0.6 is 15.9 Å². The maximum absolute atomic E-state index is 13.1. The number of anilines is 1. The van der Waals surface area contributed by atoms with Crippen molar-refractivity contribution in [1.82, 2.24) is 15.5 Å². The molecule has 2 heterocycles. The summed E-state index contributed by atoms with van der Waals surface area (Å²) in [5, 5.41) is 12.5. The van der Waals surface area contributed by atoms with Crippen molar-refractivity contribution in [1.29, 1.82) is 0 Å². The molecule has 1 aliphatic rings. The van der Waals surface area contributed by atoms with Crippen molar-refractivity contribution in [2.45, 2.75) is 12.5 Å². The number of halogens is 1. The Balaban J connectivity index is 1.73. The zero-order chi connectivity index (χ0) is 19.0. The van der Waals surface area contributed by atoms with Crippen LogP contribution in [-0.2, 0) is 0 Å². The molecule has 27 heavy (non-hydrogen) atoms. The van der Waals surface area contributed by atoms with Gasteiger partial charge in [-0.25, -0.2) is 0 Å². The molecule has 0 aliphatic carbocycles. The number of hydrogen-bond donors (Lipinski definition) is 1. The molecule has 0 spiro atoms. The molecule has 1 N–H and O–H groups in total. The van der Waals surface area contributed by atoms with Crippen LogP contribution in [0.4, 0.5) is 5.69 Å². The maximum Gasteiger partial charge on any atom is 0.274 e. The molecular weight excluding hydrogens is 408 g/mol. The predicted molar refractivity (Wildman–Crippen MR) is 108 cm³/mol. The van der Waals surface area contributed by atoms with Crippen LogP contribution in [0.1, 0.15) is 28.5 Å². The number of ether oxygens (including phenoxy) is 1. The highest BCUT2D eigenvalue weighted by atomic mass is 79.9. The molecule has 0 unspecified atom stereocenters. The summed E-state index contributed by atoms with van der Waals surface area (Å²) < 4.78 is 6.53. The smallest absolute Gasteiger partial charge is 0.274 e. The molecule has 0 saturated heterocycles. The zero-order valence-electron chi connectivity index (χ0n) is 15.1. The second kappa shape index (κ2) is 7.15. The van der Waals surface area contributed by atoms with E-state index in [1.807, 2.05) is 61.5 Å². The van der Waals surface area contributed by atoms with Crippen LogP contribution in [-0.4, -0.2) is 36.8 Å². The van der Waals surface area contributed by atoms with Gasteiger partial charge in [-0.15, -0.1) is 10.2 Å². The van der Waals surface area contributed by atoms with Gasteiger partial charge in [0.1, 0.15) is 11.3 Å². The molecule has 3 aromatic rings. The van der Waals surface area contributed by atoms with Crippen molar-refractivity contribution < 1.29 is 9.53 Å². The first kappa shape index (κ1) is 17.7. The number of carbonyl (C=O) groups excluding carboxylic acids is 1. The van der Waals surface area contributed by atoms with Crippen molar-refractivity contribution in [3.63, 3.8) is 0 Å². The third kappa shape index (κ3) is 3.23. The Hall–Kier alpha value is -2.67. The largest absolute Gasteiger partial charge is 0.493 e. The summed E-state index contributed by atoms with van der Waals surface area (Å²) in [6.07, 6.45) is 0.715. The van der Waals surface area contributed by atoms with Gasteiger partial charge in [0.15, 0.2) is 5.69 Å². The number of fused-ring (bicyclic) bond motifs is 2. The van der Waals surface area contributed by atoms with E-state index >= 15 is 0 Å². The third-order valence-corrected chi connectivity index (χ3v) is 5.28. The van der Waals surface area contributed by atoms with Crippen LogP contribution in [0.25, 0.3) is 10.9 Å². The lowest BCUT2D eigenvalue weighted by Gasteiger charge is -2.27. The molecule has 1 atom stereocenters. The average molecular weight is 427 g/mol. The Morgan fingerprint density at radius 2 is 2.00 bits per heavy atom. The number of carbonyl (C=O) groups is 1. The second-order valence-corrected chi connectivity index (χ2v) is 7.48. The number of para-hydroxylation sites is 1.